The van der Waals surface area contributed by atoms with Crippen LogP contribution in [0.15, 0.2) is 45.4 Å². The summed E-state index contributed by atoms with van der Waals surface area (Å²) in [5.74, 6) is 0.656. The van der Waals surface area contributed by atoms with Crippen LogP contribution in [0.1, 0.15) is 63.1 Å². The second-order valence-corrected chi connectivity index (χ2v) is 10.5. The normalized spacial score (nSPS) is 21.7. The van der Waals surface area contributed by atoms with Crippen molar-refractivity contribution >= 4 is 29.0 Å². The van der Waals surface area contributed by atoms with Crippen molar-refractivity contribution < 1.29 is 18.7 Å². The van der Waals surface area contributed by atoms with Gasteiger partial charge in [0.2, 0.25) is 0 Å². The van der Waals surface area contributed by atoms with Crippen molar-refractivity contribution in [2.75, 3.05) is 19.6 Å². The molecule has 2 atom stereocenters. The van der Waals surface area contributed by atoms with E-state index in [1.54, 1.807) is 22.6 Å². The second kappa shape index (κ2) is 10.1. The zero-order valence-corrected chi connectivity index (χ0v) is 20.3. The molecule has 4 rings (SSSR count). The summed E-state index contributed by atoms with van der Waals surface area (Å²) >= 11 is 1.63. The van der Waals surface area contributed by atoms with Gasteiger partial charge in [0.25, 0.3) is 5.91 Å². The number of hydrazone groups is 1. The van der Waals surface area contributed by atoms with Crippen LogP contribution in [-0.2, 0) is 9.53 Å². The highest BCUT2D eigenvalue weighted by Gasteiger charge is 2.36. The maximum Gasteiger partial charge on any atom is 0.407 e. The summed E-state index contributed by atoms with van der Waals surface area (Å²) in [7, 11) is 0. The number of likely N-dealkylation sites (tertiary alicyclic amines) is 1. The van der Waals surface area contributed by atoms with Gasteiger partial charge in [-0.25, -0.2) is 9.80 Å². The number of carbonyl (C=O) groups excluding carboxylic acids is 2. The minimum absolute atomic E-state index is 0.0425. The van der Waals surface area contributed by atoms with Crippen LogP contribution in [0.25, 0.3) is 0 Å². The number of amides is 2. The molecule has 0 spiro atoms. The van der Waals surface area contributed by atoms with Gasteiger partial charge in [0.15, 0.2) is 0 Å². The molecule has 0 aliphatic carbocycles. The number of alkyl carbamates (subject to hydrolysis) is 1. The highest BCUT2D eigenvalue weighted by atomic mass is 32.1. The van der Waals surface area contributed by atoms with Crippen LogP contribution >= 0.6 is 11.3 Å². The highest BCUT2D eigenvalue weighted by molar-refractivity contribution is 7.10. The number of furan rings is 1. The van der Waals surface area contributed by atoms with Crippen LogP contribution in [0.3, 0.4) is 0 Å². The average Bonchev–Trinajstić information content (AvgIpc) is 3.52. The van der Waals surface area contributed by atoms with Gasteiger partial charge in [0, 0.05) is 23.9 Å². The number of nitrogens with one attached hydrogen (secondary N) is 1. The number of hydrogen-bond acceptors (Lipinski definition) is 7. The predicted molar refractivity (Wildman–Crippen MR) is 127 cm³/mol. The molecule has 1 saturated heterocycles. The SMILES string of the molecule is CC(C)(C)OC(=O)NCC1CCCCN1CC(=O)N1N=C(c2ccco2)CC1c1cccs1. The summed E-state index contributed by atoms with van der Waals surface area (Å²) in [5.41, 5.74) is 0.247. The third kappa shape index (κ3) is 6.03. The molecule has 0 bridgehead atoms. The Kier molecular flexibility index (Phi) is 7.19. The van der Waals surface area contributed by atoms with E-state index >= 15 is 0 Å². The fraction of sp³-hybridized carbons (Fsp3) is 0.542. The Morgan fingerprint density at radius 1 is 1.27 bits per heavy atom. The van der Waals surface area contributed by atoms with Crippen LogP contribution in [0.5, 0.6) is 0 Å². The van der Waals surface area contributed by atoms with E-state index in [1.165, 1.54) is 0 Å². The Balaban J connectivity index is 1.43. The molecule has 178 valence electrons. The van der Waals surface area contributed by atoms with Crippen LogP contribution in [-0.4, -0.2) is 58.9 Å². The summed E-state index contributed by atoms with van der Waals surface area (Å²) in [5, 5.41) is 11.2. The molecule has 2 amide bonds. The summed E-state index contributed by atoms with van der Waals surface area (Å²) < 4.78 is 10.9. The lowest BCUT2D eigenvalue weighted by Crippen LogP contribution is -2.50. The maximum atomic E-state index is 13.4. The fourth-order valence-electron chi connectivity index (χ4n) is 4.30. The quantitative estimate of drug-likeness (QED) is 0.673. The number of nitrogens with zero attached hydrogens (tertiary/aromatic N) is 3. The number of carbonyl (C=O) groups is 2. The van der Waals surface area contributed by atoms with Crippen LogP contribution in [0.2, 0.25) is 0 Å². The first kappa shape index (κ1) is 23.5. The molecule has 0 saturated carbocycles. The molecule has 1 fully saturated rings. The van der Waals surface area contributed by atoms with Crippen molar-refractivity contribution in [1.82, 2.24) is 15.2 Å². The maximum absolute atomic E-state index is 13.4. The lowest BCUT2D eigenvalue weighted by Gasteiger charge is -2.36. The van der Waals surface area contributed by atoms with Gasteiger partial charge in [0.1, 0.15) is 17.1 Å². The molecular weight excluding hydrogens is 440 g/mol. The molecular formula is C24H32N4O4S. The topological polar surface area (TPSA) is 87.4 Å². The molecule has 2 aromatic rings. The van der Waals surface area contributed by atoms with E-state index in [0.717, 1.165) is 36.4 Å². The first-order valence-electron chi connectivity index (χ1n) is 11.5. The monoisotopic (exact) mass is 472 g/mol. The fourth-order valence-corrected chi connectivity index (χ4v) is 5.11. The standard InChI is InChI=1S/C24H32N4O4S/c1-24(2,3)32-23(30)25-15-17-8-4-5-11-27(17)16-22(29)28-19(21-10-7-13-33-21)14-18(26-28)20-9-6-12-31-20/h6-7,9-10,12-13,17,19H,4-5,8,11,14-16H2,1-3H3,(H,25,30). The van der Waals surface area contributed by atoms with Gasteiger partial charge >= 0.3 is 6.09 Å². The molecule has 0 radical (unpaired) electrons. The Bertz CT molecular complexity index is 965. The smallest absolute Gasteiger partial charge is 0.407 e. The van der Waals surface area contributed by atoms with Gasteiger partial charge in [-0.15, -0.1) is 11.3 Å². The van der Waals surface area contributed by atoms with E-state index in [2.05, 4.69) is 15.3 Å². The van der Waals surface area contributed by atoms with Crippen molar-refractivity contribution in [3.8, 4) is 0 Å². The van der Waals surface area contributed by atoms with Crippen molar-refractivity contribution in [2.24, 2.45) is 5.10 Å². The minimum Gasteiger partial charge on any atom is -0.463 e. The zero-order valence-electron chi connectivity index (χ0n) is 19.5. The number of piperidine rings is 1. The molecule has 2 aliphatic heterocycles. The number of rotatable bonds is 6. The van der Waals surface area contributed by atoms with E-state index in [0.29, 0.717) is 18.7 Å². The summed E-state index contributed by atoms with van der Waals surface area (Å²) in [4.78, 5) is 28.8. The summed E-state index contributed by atoms with van der Waals surface area (Å²) in [6, 6.07) is 7.72. The van der Waals surface area contributed by atoms with Gasteiger partial charge in [-0.1, -0.05) is 12.5 Å². The van der Waals surface area contributed by atoms with Gasteiger partial charge in [-0.2, -0.15) is 5.10 Å². The Morgan fingerprint density at radius 2 is 2.12 bits per heavy atom. The van der Waals surface area contributed by atoms with E-state index in [1.807, 2.05) is 50.4 Å². The van der Waals surface area contributed by atoms with Crippen LogP contribution < -0.4 is 5.32 Å². The van der Waals surface area contributed by atoms with Crippen molar-refractivity contribution in [1.29, 1.82) is 0 Å². The first-order valence-corrected chi connectivity index (χ1v) is 12.4. The van der Waals surface area contributed by atoms with Crippen molar-refractivity contribution in [2.45, 2.75) is 64.1 Å². The Hall–Kier alpha value is -2.65. The third-order valence-corrected chi connectivity index (χ3v) is 6.78. The number of thiophene rings is 1. The molecule has 0 aromatic carbocycles. The number of hydrogen-bond donors (Lipinski definition) is 1. The molecule has 2 unspecified atom stereocenters. The number of ether oxygens (including phenoxy) is 1. The lowest BCUT2D eigenvalue weighted by molar-refractivity contribution is -0.135. The van der Waals surface area contributed by atoms with Crippen molar-refractivity contribution in [3.05, 3.63) is 46.5 Å². The van der Waals surface area contributed by atoms with Gasteiger partial charge < -0.3 is 14.5 Å². The Labute approximate surface area is 198 Å². The minimum atomic E-state index is -0.539. The average molecular weight is 473 g/mol. The highest BCUT2D eigenvalue weighted by Crippen LogP contribution is 2.35. The van der Waals surface area contributed by atoms with Gasteiger partial charge in [-0.05, 0) is 63.7 Å². The lowest BCUT2D eigenvalue weighted by atomic mass is 10.0. The van der Waals surface area contributed by atoms with Gasteiger partial charge in [0.05, 0.1) is 18.8 Å². The molecule has 2 aromatic heterocycles. The summed E-state index contributed by atoms with van der Waals surface area (Å²) in [6.07, 6.45) is 4.86. The van der Waals surface area contributed by atoms with E-state index in [9.17, 15) is 9.59 Å². The first-order chi connectivity index (χ1) is 15.8. The molecule has 8 nitrogen and oxygen atoms in total. The Morgan fingerprint density at radius 3 is 2.82 bits per heavy atom. The van der Waals surface area contributed by atoms with Gasteiger partial charge in [-0.3, -0.25) is 9.69 Å². The molecule has 2 aliphatic rings. The van der Waals surface area contributed by atoms with E-state index in [-0.39, 0.29) is 24.5 Å². The zero-order chi connectivity index (χ0) is 23.4. The molecule has 33 heavy (non-hydrogen) atoms. The summed E-state index contributed by atoms with van der Waals surface area (Å²) in [6.45, 7) is 7.06. The largest absolute Gasteiger partial charge is 0.463 e. The molecule has 1 N–H and O–H groups in total. The van der Waals surface area contributed by atoms with Crippen molar-refractivity contribution in [3.63, 3.8) is 0 Å². The molecule has 9 heteroatoms. The third-order valence-electron chi connectivity index (χ3n) is 5.81. The predicted octanol–water partition coefficient (Wildman–Crippen LogP) is 4.40. The van der Waals surface area contributed by atoms with E-state index < -0.39 is 11.7 Å². The second-order valence-electron chi connectivity index (χ2n) is 9.50. The van der Waals surface area contributed by atoms with E-state index in [4.69, 9.17) is 9.15 Å². The van der Waals surface area contributed by atoms with Crippen LogP contribution in [0.4, 0.5) is 4.79 Å². The molecule has 4 heterocycles. The van der Waals surface area contributed by atoms with Crippen LogP contribution in [0, 0.1) is 0 Å².